The molecule has 3 aromatic rings. The van der Waals surface area contributed by atoms with Crippen LogP contribution in [0.2, 0.25) is 5.02 Å². The third-order valence-electron chi connectivity index (χ3n) is 2.91. The SMILES string of the molecule is COc1cccc(-c2noc(-c3cc(Br)ccc3Cl)n2)c1. The summed E-state index contributed by atoms with van der Waals surface area (Å²) in [4.78, 5) is 4.39. The molecule has 6 heteroatoms. The molecule has 0 unspecified atom stereocenters. The number of rotatable bonds is 3. The lowest BCUT2D eigenvalue weighted by Crippen LogP contribution is -1.85. The predicted octanol–water partition coefficient (Wildman–Crippen LogP) is 4.83. The van der Waals surface area contributed by atoms with E-state index in [0.29, 0.717) is 22.3 Å². The van der Waals surface area contributed by atoms with Gasteiger partial charge < -0.3 is 9.26 Å². The summed E-state index contributed by atoms with van der Waals surface area (Å²) in [6.07, 6.45) is 0. The van der Waals surface area contributed by atoms with Crippen LogP contribution >= 0.6 is 27.5 Å². The van der Waals surface area contributed by atoms with E-state index in [1.54, 1.807) is 13.2 Å². The largest absolute Gasteiger partial charge is 0.497 e. The molecule has 0 aliphatic rings. The second kappa shape index (κ2) is 5.87. The van der Waals surface area contributed by atoms with Gasteiger partial charge in [-0.15, -0.1) is 0 Å². The summed E-state index contributed by atoms with van der Waals surface area (Å²) >= 11 is 9.56. The summed E-state index contributed by atoms with van der Waals surface area (Å²) in [5.41, 5.74) is 1.50. The van der Waals surface area contributed by atoms with Gasteiger partial charge in [0.1, 0.15) is 5.75 Å². The maximum absolute atomic E-state index is 6.17. The fourth-order valence-electron chi connectivity index (χ4n) is 1.87. The molecule has 0 aliphatic heterocycles. The molecule has 2 aromatic carbocycles. The molecule has 0 spiro atoms. The van der Waals surface area contributed by atoms with Crippen LogP contribution in [0.5, 0.6) is 5.75 Å². The highest BCUT2D eigenvalue weighted by atomic mass is 79.9. The highest BCUT2D eigenvalue weighted by molar-refractivity contribution is 9.10. The van der Waals surface area contributed by atoms with E-state index < -0.39 is 0 Å². The van der Waals surface area contributed by atoms with Crippen molar-refractivity contribution in [1.82, 2.24) is 10.1 Å². The Bertz CT molecular complexity index is 789. The first kappa shape index (κ1) is 14.1. The predicted molar refractivity (Wildman–Crippen MR) is 84.4 cm³/mol. The second-order valence-corrected chi connectivity index (χ2v) is 5.60. The third-order valence-corrected chi connectivity index (χ3v) is 3.74. The molecule has 3 rings (SSSR count). The second-order valence-electron chi connectivity index (χ2n) is 4.28. The standard InChI is InChI=1S/C15H10BrClN2O2/c1-20-11-4-2-3-9(7-11)14-18-15(21-19-14)12-8-10(16)5-6-13(12)17/h2-8H,1H3. The minimum Gasteiger partial charge on any atom is -0.497 e. The lowest BCUT2D eigenvalue weighted by molar-refractivity contribution is 0.414. The Morgan fingerprint density at radius 2 is 2.05 bits per heavy atom. The van der Waals surface area contributed by atoms with Crippen molar-refractivity contribution in [3.05, 3.63) is 52.0 Å². The van der Waals surface area contributed by atoms with Crippen LogP contribution < -0.4 is 4.74 Å². The van der Waals surface area contributed by atoms with Gasteiger partial charge in [0.05, 0.1) is 17.7 Å². The van der Waals surface area contributed by atoms with Gasteiger partial charge in [-0.1, -0.05) is 44.8 Å². The summed E-state index contributed by atoms with van der Waals surface area (Å²) in [6, 6.07) is 12.9. The van der Waals surface area contributed by atoms with Crippen LogP contribution in [0.25, 0.3) is 22.8 Å². The number of hydrogen-bond acceptors (Lipinski definition) is 4. The first-order chi connectivity index (χ1) is 10.2. The smallest absolute Gasteiger partial charge is 0.259 e. The van der Waals surface area contributed by atoms with Gasteiger partial charge in [0.2, 0.25) is 5.82 Å². The fraction of sp³-hybridized carbons (Fsp3) is 0.0667. The van der Waals surface area contributed by atoms with Gasteiger partial charge in [-0.05, 0) is 30.3 Å². The van der Waals surface area contributed by atoms with Crippen LogP contribution in [0.15, 0.2) is 51.5 Å². The molecule has 0 N–H and O–H groups in total. The molecule has 0 aliphatic carbocycles. The average molecular weight is 366 g/mol. The van der Waals surface area contributed by atoms with Crippen molar-refractivity contribution in [2.24, 2.45) is 0 Å². The van der Waals surface area contributed by atoms with Crippen molar-refractivity contribution < 1.29 is 9.26 Å². The Morgan fingerprint density at radius 1 is 1.19 bits per heavy atom. The summed E-state index contributed by atoms with van der Waals surface area (Å²) in [7, 11) is 1.61. The number of nitrogens with zero attached hydrogens (tertiary/aromatic N) is 2. The van der Waals surface area contributed by atoms with E-state index in [1.807, 2.05) is 36.4 Å². The van der Waals surface area contributed by atoms with Crippen LogP contribution in [0.3, 0.4) is 0 Å². The molecule has 106 valence electrons. The van der Waals surface area contributed by atoms with Gasteiger partial charge in [-0.2, -0.15) is 4.98 Å². The van der Waals surface area contributed by atoms with Gasteiger partial charge in [-0.25, -0.2) is 0 Å². The summed E-state index contributed by atoms with van der Waals surface area (Å²) < 4.78 is 11.4. The highest BCUT2D eigenvalue weighted by Gasteiger charge is 2.14. The lowest BCUT2D eigenvalue weighted by atomic mass is 10.2. The summed E-state index contributed by atoms with van der Waals surface area (Å²) in [6.45, 7) is 0. The Hall–Kier alpha value is -1.85. The molecule has 0 atom stereocenters. The minimum atomic E-state index is 0.374. The molecular weight excluding hydrogens is 356 g/mol. The van der Waals surface area contributed by atoms with Crippen molar-refractivity contribution >= 4 is 27.5 Å². The minimum absolute atomic E-state index is 0.374. The monoisotopic (exact) mass is 364 g/mol. The van der Waals surface area contributed by atoms with E-state index in [9.17, 15) is 0 Å². The van der Waals surface area contributed by atoms with E-state index >= 15 is 0 Å². The Morgan fingerprint density at radius 3 is 2.86 bits per heavy atom. The summed E-state index contributed by atoms with van der Waals surface area (Å²) in [5, 5.41) is 4.55. The maximum atomic E-state index is 6.17. The molecule has 0 radical (unpaired) electrons. The van der Waals surface area contributed by atoms with Gasteiger partial charge in [-0.3, -0.25) is 0 Å². The Balaban J connectivity index is 2.01. The molecular formula is C15H10BrClN2O2. The molecule has 1 heterocycles. The number of halogens is 2. The van der Waals surface area contributed by atoms with Crippen molar-refractivity contribution in [2.45, 2.75) is 0 Å². The van der Waals surface area contributed by atoms with Crippen molar-refractivity contribution in [2.75, 3.05) is 7.11 Å². The molecule has 0 saturated carbocycles. The Labute approximate surface area is 134 Å². The maximum Gasteiger partial charge on any atom is 0.259 e. The number of ether oxygens (including phenoxy) is 1. The normalized spacial score (nSPS) is 10.6. The van der Waals surface area contributed by atoms with Crippen LogP contribution in [0, 0.1) is 0 Å². The van der Waals surface area contributed by atoms with E-state index in [4.69, 9.17) is 20.9 Å². The topological polar surface area (TPSA) is 48.2 Å². The van der Waals surface area contributed by atoms with Crippen LogP contribution in [-0.2, 0) is 0 Å². The number of benzene rings is 2. The quantitative estimate of drug-likeness (QED) is 0.667. The zero-order valence-corrected chi connectivity index (χ0v) is 13.4. The Kier molecular flexibility index (Phi) is 3.94. The van der Waals surface area contributed by atoms with Crippen molar-refractivity contribution in [3.8, 4) is 28.6 Å². The highest BCUT2D eigenvalue weighted by Crippen LogP contribution is 2.31. The van der Waals surface area contributed by atoms with Gasteiger partial charge in [0, 0.05) is 10.0 Å². The van der Waals surface area contributed by atoms with Crippen LogP contribution in [0.4, 0.5) is 0 Å². The lowest BCUT2D eigenvalue weighted by Gasteiger charge is -2.00. The number of hydrogen-bond donors (Lipinski definition) is 0. The number of aromatic nitrogens is 2. The van der Waals surface area contributed by atoms with Crippen LogP contribution in [-0.4, -0.2) is 17.3 Å². The van der Waals surface area contributed by atoms with Gasteiger partial charge in [0.25, 0.3) is 5.89 Å². The third kappa shape index (κ3) is 2.94. The molecule has 4 nitrogen and oxygen atoms in total. The van der Waals surface area contributed by atoms with Crippen molar-refractivity contribution in [3.63, 3.8) is 0 Å². The molecule has 0 bridgehead atoms. The van der Waals surface area contributed by atoms with E-state index in [1.165, 1.54) is 0 Å². The van der Waals surface area contributed by atoms with E-state index in [2.05, 4.69) is 26.1 Å². The zero-order valence-electron chi connectivity index (χ0n) is 11.0. The number of methoxy groups -OCH3 is 1. The van der Waals surface area contributed by atoms with Gasteiger partial charge in [0.15, 0.2) is 0 Å². The van der Waals surface area contributed by atoms with E-state index in [0.717, 1.165) is 15.8 Å². The molecule has 0 fully saturated rings. The van der Waals surface area contributed by atoms with Crippen LogP contribution in [0.1, 0.15) is 0 Å². The fourth-order valence-corrected chi connectivity index (χ4v) is 2.43. The summed E-state index contributed by atoms with van der Waals surface area (Å²) in [5.74, 6) is 1.60. The molecule has 0 amide bonds. The average Bonchev–Trinajstić information content (AvgIpc) is 2.99. The first-order valence-corrected chi connectivity index (χ1v) is 7.28. The van der Waals surface area contributed by atoms with E-state index in [-0.39, 0.29) is 0 Å². The zero-order chi connectivity index (χ0) is 14.8. The van der Waals surface area contributed by atoms with Crippen molar-refractivity contribution in [1.29, 1.82) is 0 Å². The molecule has 21 heavy (non-hydrogen) atoms. The molecule has 0 saturated heterocycles. The molecule has 1 aromatic heterocycles. The van der Waals surface area contributed by atoms with Gasteiger partial charge >= 0.3 is 0 Å². The first-order valence-electron chi connectivity index (χ1n) is 6.11.